The molecule has 0 aliphatic rings. The molecule has 186 valence electrons. The highest BCUT2D eigenvalue weighted by atomic mass is 32.2. The van der Waals surface area contributed by atoms with Crippen LogP contribution in [0.3, 0.4) is 0 Å². The lowest BCUT2D eigenvalue weighted by Crippen LogP contribution is -2.46. The van der Waals surface area contributed by atoms with Crippen LogP contribution in [0.25, 0.3) is 10.2 Å². The van der Waals surface area contributed by atoms with Gasteiger partial charge in [0.25, 0.3) is 5.91 Å². The highest BCUT2D eigenvalue weighted by molar-refractivity contribution is 8.02. The van der Waals surface area contributed by atoms with E-state index < -0.39 is 17.2 Å². The minimum atomic E-state index is -0.591. The summed E-state index contributed by atoms with van der Waals surface area (Å²) in [5.41, 5.74) is 6.70. The number of rotatable bonds is 8. The van der Waals surface area contributed by atoms with E-state index in [1.807, 2.05) is 24.3 Å². The zero-order valence-electron chi connectivity index (χ0n) is 19.4. The number of nitrogens with one attached hydrogen (secondary N) is 3. The smallest absolute Gasteiger partial charge is 0.348 e. The second-order valence-corrected chi connectivity index (χ2v) is 11.0. The van der Waals surface area contributed by atoms with Gasteiger partial charge in [-0.15, -0.1) is 22.7 Å². The summed E-state index contributed by atoms with van der Waals surface area (Å²) in [6.45, 7) is 7.16. The van der Waals surface area contributed by atoms with E-state index in [1.54, 1.807) is 27.7 Å². The van der Waals surface area contributed by atoms with Crippen molar-refractivity contribution in [3.8, 4) is 0 Å². The van der Waals surface area contributed by atoms with Gasteiger partial charge in [-0.1, -0.05) is 23.9 Å². The second-order valence-electron chi connectivity index (χ2n) is 6.98. The van der Waals surface area contributed by atoms with E-state index in [0.29, 0.717) is 10.6 Å². The number of hydrogen-bond donors (Lipinski definition) is 3. The molecule has 0 saturated heterocycles. The lowest BCUT2D eigenvalue weighted by Gasteiger charge is -2.14. The SMILES string of the molecule is CCOC(=O)c1sc(NC(=S)NNC(=O)C(C)Sc2nc3ccccc3s2)c(C(=O)OCC)c1C. The Morgan fingerprint density at radius 1 is 1.09 bits per heavy atom. The van der Waals surface area contributed by atoms with Crippen molar-refractivity contribution in [3.05, 3.63) is 40.3 Å². The lowest BCUT2D eigenvalue weighted by atomic mass is 10.1. The van der Waals surface area contributed by atoms with E-state index in [-0.39, 0.29) is 34.7 Å². The van der Waals surface area contributed by atoms with E-state index in [1.165, 1.54) is 23.1 Å². The number of hydrogen-bond acceptors (Lipinski definition) is 10. The quantitative estimate of drug-likeness (QED) is 0.159. The van der Waals surface area contributed by atoms with Gasteiger partial charge in [0, 0.05) is 0 Å². The number of anilines is 1. The fraction of sp³-hybridized carbons (Fsp3) is 0.318. The number of aromatic nitrogens is 1. The molecule has 2 heterocycles. The van der Waals surface area contributed by atoms with Gasteiger partial charge in [-0.05, 0) is 57.6 Å². The number of thiazole rings is 1. The third kappa shape index (κ3) is 6.69. The van der Waals surface area contributed by atoms with Gasteiger partial charge in [0.15, 0.2) is 9.45 Å². The monoisotopic (exact) mass is 552 g/mol. The maximum absolute atomic E-state index is 12.6. The van der Waals surface area contributed by atoms with Crippen LogP contribution in [0, 0.1) is 6.92 Å². The second kappa shape index (κ2) is 12.3. The minimum Gasteiger partial charge on any atom is -0.462 e. The van der Waals surface area contributed by atoms with E-state index >= 15 is 0 Å². The zero-order valence-corrected chi connectivity index (χ0v) is 22.7. The molecule has 0 spiro atoms. The van der Waals surface area contributed by atoms with Crippen molar-refractivity contribution in [2.75, 3.05) is 18.5 Å². The minimum absolute atomic E-state index is 0.0396. The Morgan fingerprint density at radius 3 is 2.46 bits per heavy atom. The molecule has 1 unspecified atom stereocenters. The molecule has 3 N–H and O–H groups in total. The Hall–Kier alpha value is -2.74. The van der Waals surface area contributed by atoms with E-state index in [4.69, 9.17) is 21.7 Å². The Morgan fingerprint density at radius 2 is 1.77 bits per heavy atom. The zero-order chi connectivity index (χ0) is 25.5. The molecule has 0 radical (unpaired) electrons. The number of para-hydroxylation sites is 1. The van der Waals surface area contributed by atoms with Crippen molar-refractivity contribution in [2.45, 2.75) is 37.3 Å². The summed E-state index contributed by atoms with van der Waals surface area (Å²) in [4.78, 5) is 42.2. The molecule has 2 aromatic heterocycles. The molecule has 0 aliphatic carbocycles. The van der Waals surface area contributed by atoms with Crippen LogP contribution in [0.5, 0.6) is 0 Å². The van der Waals surface area contributed by atoms with E-state index in [2.05, 4.69) is 21.2 Å². The number of benzene rings is 1. The predicted octanol–water partition coefficient (Wildman–Crippen LogP) is 4.52. The van der Waals surface area contributed by atoms with E-state index in [9.17, 15) is 14.4 Å². The number of carbonyl (C=O) groups excluding carboxylic acids is 3. The molecule has 0 saturated carbocycles. The van der Waals surface area contributed by atoms with E-state index in [0.717, 1.165) is 25.9 Å². The molecule has 3 aromatic rings. The molecule has 0 bridgehead atoms. The Balaban J connectivity index is 1.63. The number of esters is 2. The van der Waals surface area contributed by atoms with Gasteiger partial charge in [-0.25, -0.2) is 14.6 Å². The van der Waals surface area contributed by atoms with Gasteiger partial charge in [-0.2, -0.15) is 0 Å². The van der Waals surface area contributed by atoms with Crippen molar-refractivity contribution >= 4 is 84.8 Å². The molecule has 1 atom stereocenters. The first-order valence-electron chi connectivity index (χ1n) is 10.6. The summed E-state index contributed by atoms with van der Waals surface area (Å²) in [6.07, 6.45) is 0. The van der Waals surface area contributed by atoms with Crippen molar-refractivity contribution < 1.29 is 23.9 Å². The predicted molar refractivity (Wildman–Crippen MR) is 143 cm³/mol. The van der Waals surface area contributed by atoms with Crippen LogP contribution in [0.15, 0.2) is 28.6 Å². The van der Waals surface area contributed by atoms with Crippen LogP contribution < -0.4 is 16.2 Å². The van der Waals surface area contributed by atoms with Gasteiger partial charge in [0.2, 0.25) is 0 Å². The van der Waals surface area contributed by atoms with Gasteiger partial charge in [0.1, 0.15) is 9.88 Å². The Bertz CT molecular complexity index is 1220. The van der Waals surface area contributed by atoms with Gasteiger partial charge in [0.05, 0.1) is 34.2 Å². The van der Waals surface area contributed by atoms with Gasteiger partial charge >= 0.3 is 11.9 Å². The average Bonchev–Trinajstić information content (AvgIpc) is 3.37. The first-order valence-corrected chi connectivity index (χ1v) is 13.5. The summed E-state index contributed by atoms with van der Waals surface area (Å²) in [5.74, 6) is -1.44. The average molecular weight is 553 g/mol. The van der Waals surface area contributed by atoms with Crippen molar-refractivity contribution in [2.24, 2.45) is 0 Å². The van der Waals surface area contributed by atoms with Crippen LogP contribution in [0.1, 0.15) is 46.4 Å². The molecule has 35 heavy (non-hydrogen) atoms. The number of thioether (sulfide) groups is 1. The molecule has 1 amide bonds. The maximum Gasteiger partial charge on any atom is 0.348 e. The molecule has 13 heteroatoms. The van der Waals surface area contributed by atoms with Crippen LogP contribution in [-0.4, -0.2) is 46.4 Å². The number of thiocarbonyl (C=S) groups is 1. The number of thiophene rings is 1. The molecule has 3 rings (SSSR count). The van der Waals surface area contributed by atoms with Crippen molar-refractivity contribution in [1.82, 2.24) is 15.8 Å². The summed E-state index contributed by atoms with van der Waals surface area (Å²) in [7, 11) is 0. The van der Waals surface area contributed by atoms with Crippen LogP contribution >= 0.6 is 46.7 Å². The largest absolute Gasteiger partial charge is 0.462 e. The number of amides is 1. The summed E-state index contributed by atoms with van der Waals surface area (Å²) < 4.78 is 12.0. The first-order chi connectivity index (χ1) is 16.7. The van der Waals surface area contributed by atoms with Gasteiger partial charge in [-0.3, -0.25) is 15.6 Å². The standard InChI is InChI=1S/C22H24N4O5S4/c1-5-30-19(28)15-11(3)16(20(29)31-6-2)35-18(15)24-21(32)26-25-17(27)12(4)33-22-23-13-9-7-8-10-14(13)34-22/h7-10,12H,5-6H2,1-4H3,(H,25,27)(H2,24,26,32). The molecule has 0 fully saturated rings. The van der Waals surface area contributed by atoms with Crippen LogP contribution in [-0.2, 0) is 14.3 Å². The fourth-order valence-corrected chi connectivity index (χ4v) is 6.42. The van der Waals surface area contributed by atoms with Crippen molar-refractivity contribution in [1.29, 1.82) is 0 Å². The van der Waals surface area contributed by atoms with Gasteiger partial charge < -0.3 is 14.8 Å². The number of ether oxygens (including phenoxy) is 2. The normalized spacial score (nSPS) is 11.5. The third-order valence-electron chi connectivity index (χ3n) is 4.53. The molecule has 1 aromatic carbocycles. The number of hydrazine groups is 1. The first kappa shape index (κ1) is 26.9. The summed E-state index contributed by atoms with van der Waals surface area (Å²) >= 11 is 9.16. The number of carbonyl (C=O) groups is 3. The topological polar surface area (TPSA) is 119 Å². The Labute approximate surface area is 219 Å². The van der Waals surface area contributed by atoms with Crippen molar-refractivity contribution in [3.63, 3.8) is 0 Å². The molecule has 9 nitrogen and oxygen atoms in total. The third-order valence-corrected chi connectivity index (χ3v) is 8.16. The molecule has 0 aliphatic heterocycles. The maximum atomic E-state index is 12.6. The highest BCUT2D eigenvalue weighted by Gasteiger charge is 2.27. The fourth-order valence-electron chi connectivity index (χ4n) is 2.90. The molecular formula is C22H24N4O5S4. The Kier molecular flexibility index (Phi) is 9.43. The lowest BCUT2D eigenvalue weighted by molar-refractivity contribution is -0.120. The van der Waals surface area contributed by atoms with Crippen LogP contribution in [0.4, 0.5) is 5.00 Å². The number of nitrogens with zero attached hydrogens (tertiary/aromatic N) is 1. The number of fused-ring (bicyclic) bond motifs is 1. The highest BCUT2D eigenvalue weighted by Crippen LogP contribution is 2.34. The summed E-state index contributed by atoms with van der Waals surface area (Å²) in [6, 6.07) is 7.78. The summed E-state index contributed by atoms with van der Waals surface area (Å²) in [5, 5.41) is 2.78. The molecular weight excluding hydrogens is 529 g/mol. The van der Waals surface area contributed by atoms with Crippen LogP contribution in [0.2, 0.25) is 0 Å².